The van der Waals surface area contributed by atoms with Gasteiger partial charge in [0, 0.05) is 43.5 Å². The smallest absolute Gasteiger partial charge is 0.269 e. The lowest BCUT2D eigenvalue weighted by Crippen LogP contribution is -2.39. The zero-order chi connectivity index (χ0) is 21.0. The molecule has 2 aromatic carbocycles. The third-order valence-corrected chi connectivity index (χ3v) is 4.52. The van der Waals surface area contributed by atoms with Gasteiger partial charge in [-0.25, -0.2) is 4.99 Å². The van der Waals surface area contributed by atoms with E-state index in [1.807, 2.05) is 36.4 Å². The molecule has 0 spiro atoms. The Morgan fingerprint density at radius 3 is 2.19 bits per heavy atom. The van der Waals surface area contributed by atoms with Crippen molar-refractivity contribution >= 4 is 35.6 Å². The molecule has 2 N–H and O–H groups in total. The molecular weight excluding hydrogens is 505 g/mol. The largest absolute Gasteiger partial charge is 0.356 e. The number of benzene rings is 2. The number of pyridine rings is 1. The lowest BCUT2D eigenvalue weighted by Gasteiger charge is -2.13. The number of nitrogens with one attached hydrogen (secondary N) is 2. The lowest BCUT2D eigenvalue weighted by molar-refractivity contribution is -0.384. The van der Waals surface area contributed by atoms with Gasteiger partial charge in [-0.15, -0.1) is 24.0 Å². The molecule has 1 aromatic heterocycles. The fraction of sp³-hybridized carbons (Fsp3) is 0.217. The summed E-state index contributed by atoms with van der Waals surface area (Å²) >= 11 is 0. The zero-order valence-electron chi connectivity index (χ0n) is 17.1. The number of non-ortho nitro benzene ring substituents is 1. The first-order chi connectivity index (χ1) is 14.7. The Kier molecular flexibility index (Phi) is 10.4. The average molecular weight is 531 g/mol. The molecule has 0 atom stereocenters. The van der Waals surface area contributed by atoms with Crippen LogP contribution in [0.5, 0.6) is 0 Å². The third kappa shape index (κ3) is 8.71. The summed E-state index contributed by atoms with van der Waals surface area (Å²) in [4.78, 5) is 19.4. The Labute approximate surface area is 199 Å². The number of halogens is 1. The standard InChI is InChI=1S/C23H25N5O2.HI/c29-28(30)22-11-9-20(10-12-22)18-27-23(25-16-13-19-6-2-1-3-7-19)26-17-14-21-8-4-5-15-24-21;/h1-12,15H,13-14,16-18H2,(H2,25,26,27);1H. The predicted octanol–water partition coefficient (Wildman–Crippen LogP) is 4.13. The number of nitro benzene ring substituents is 1. The topological polar surface area (TPSA) is 92.5 Å². The zero-order valence-corrected chi connectivity index (χ0v) is 19.4. The van der Waals surface area contributed by atoms with E-state index in [2.05, 4.69) is 32.7 Å². The van der Waals surface area contributed by atoms with Crippen molar-refractivity contribution in [3.63, 3.8) is 0 Å². The first-order valence-electron chi connectivity index (χ1n) is 9.90. The van der Waals surface area contributed by atoms with Crippen molar-refractivity contribution in [1.82, 2.24) is 15.6 Å². The maximum absolute atomic E-state index is 10.8. The van der Waals surface area contributed by atoms with Gasteiger partial charge in [0.15, 0.2) is 5.96 Å². The lowest BCUT2D eigenvalue weighted by atomic mass is 10.1. The quantitative estimate of drug-likeness (QED) is 0.143. The molecule has 162 valence electrons. The van der Waals surface area contributed by atoms with Crippen molar-refractivity contribution in [2.45, 2.75) is 19.4 Å². The SMILES string of the molecule is I.O=[N+]([O-])c1ccc(CN=C(NCCc2ccccc2)NCCc2ccccn2)cc1. The molecule has 1 heterocycles. The summed E-state index contributed by atoms with van der Waals surface area (Å²) in [7, 11) is 0. The van der Waals surface area contributed by atoms with E-state index >= 15 is 0 Å². The van der Waals surface area contributed by atoms with E-state index < -0.39 is 4.92 Å². The van der Waals surface area contributed by atoms with E-state index in [0.29, 0.717) is 19.0 Å². The van der Waals surface area contributed by atoms with Gasteiger partial charge in [-0.05, 0) is 29.7 Å². The number of guanidine groups is 1. The van der Waals surface area contributed by atoms with Crippen LogP contribution in [0.25, 0.3) is 0 Å². The van der Waals surface area contributed by atoms with Gasteiger partial charge in [-0.3, -0.25) is 15.1 Å². The molecule has 0 radical (unpaired) electrons. The fourth-order valence-corrected chi connectivity index (χ4v) is 2.89. The third-order valence-electron chi connectivity index (χ3n) is 4.52. The first-order valence-corrected chi connectivity index (χ1v) is 9.90. The highest BCUT2D eigenvalue weighted by atomic mass is 127. The molecule has 0 amide bonds. The molecule has 8 heteroatoms. The number of aromatic nitrogens is 1. The van der Waals surface area contributed by atoms with E-state index in [1.165, 1.54) is 17.7 Å². The fourth-order valence-electron chi connectivity index (χ4n) is 2.89. The minimum Gasteiger partial charge on any atom is -0.356 e. The van der Waals surface area contributed by atoms with Gasteiger partial charge in [-0.1, -0.05) is 48.5 Å². The van der Waals surface area contributed by atoms with Gasteiger partial charge >= 0.3 is 0 Å². The molecular formula is C23H26IN5O2. The number of nitrogens with zero attached hydrogens (tertiary/aromatic N) is 3. The van der Waals surface area contributed by atoms with Crippen LogP contribution in [0.2, 0.25) is 0 Å². The molecule has 31 heavy (non-hydrogen) atoms. The van der Waals surface area contributed by atoms with Gasteiger partial charge in [0.1, 0.15) is 0 Å². The number of aliphatic imine (C=N–C) groups is 1. The van der Waals surface area contributed by atoms with Crippen LogP contribution in [0.3, 0.4) is 0 Å². The molecule has 0 aliphatic heterocycles. The molecule has 0 unspecified atom stereocenters. The second kappa shape index (κ2) is 13.3. The maximum atomic E-state index is 10.8. The highest BCUT2D eigenvalue weighted by Crippen LogP contribution is 2.12. The highest BCUT2D eigenvalue weighted by molar-refractivity contribution is 14.0. The van der Waals surface area contributed by atoms with Crippen molar-refractivity contribution in [3.8, 4) is 0 Å². The Hall–Kier alpha value is -3.01. The van der Waals surface area contributed by atoms with Crippen LogP contribution in [0.4, 0.5) is 5.69 Å². The average Bonchev–Trinajstić information content (AvgIpc) is 2.79. The molecule has 0 bridgehead atoms. The second-order valence-corrected chi connectivity index (χ2v) is 6.75. The Morgan fingerprint density at radius 2 is 1.55 bits per heavy atom. The van der Waals surface area contributed by atoms with E-state index in [4.69, 9.17) is 0 Å². The number of hydrogen-bond donors (Lipinski definition) is 2. The van der Waals surface area contributed by atoms with Crippen LogP contribution in [-0.4, -0.2) is 29.0 Å². The minimum absolute atomic E-state index is 0. The number of nitro groups is 1. The summed E-state index contributed by atoms with van der Waals surface area (Å²) in [5, 5.41) is 17.5. The summed E-state index contributed by atoms with van der Waals surface area (Å²) in [6, 6.07) is 22.6. The van der Waals surface area contributed by atoms with Crippen LogP contribution in [0.1, 0.15) is 16.8 Å². The normalized spacial score (nSPS) is 10.8. The Balaban J connectivity index is 0.00000341. The second-order valence-electron chi connectivity index (χ2n) is 6.75. The molecule has 3 aromatic rings. The van der Waals surface area contributed by atoms with Crippen LogP contribution in [-0.2, 0) is 19.4 Å². The monoisotopic (exact) mass is 531 g/mol. The van der Waals surface area contributed by atoms with Gasteiger partial charge < -0.3 is 10.6 Å². The van der Waals surface area contributed by atoms with Crippen molar-refractivity contribution in [3.05, 3.63) is 106 Å². The summed E-state index contributed by atoms with van der Waals surface area (Å²) in [6.45, 7) is 1.89. The number of hydrogen-bond acceptors (Lipinski definition) is 4. The van der Waals surface area contributed by atoms with E-state index in [0.717, 1.165) is 30.6 Å². The Bertz CT molecular complexity index is 903. The molecule has 0 saturated heterocycles. The maximum Gasteiger partial charge on any atom is 0.269 e. The van der Waals surface area contributed by atoms with Gasteiger partial charge in [-0.2, -0.15) is 0 Å². The van der Waals surface area contributed by atoms with Crippen molar-refractivity contribution in [1.29, 1.82) is 0 Å². The van der Waals surface area contributed by atoms with E-state index in [1.54, 1.807) is 18.3 Å². The minimum atomic E-state index is -0.400. The van der Waals surface area contributed by atoms with Crippen LogP contribution >= 0.6 is 24.0 Å². The van der Waals surface area contributed by atoms with Crippen LogP contribution in [0.15, 0.2) is 84.0 Å². The van der Waals surface area contributed by atoms with Crippen molar-refractivity contribution < 1.29 is 4.92 Å². The van der Waals surface area contributed by atoms with Gasteiger partial charge in [0.25, 0.3) is 5.69 Å². The van der Waals surface area contributed by atoms with Crippen LogP contribution in [0, 0.1) is 10.1 Å². The summed E-state index contributed by atoms with van der Waals surface area (Å²) in [5.41, 5.74) is 3.27. The number of rotatable bonds is 9. The molecule has 0 saturated carbocycles. The van der Waals surface area contributed by atoms with Crippen LogP contribution < -0.4 is 10.6 Å². The molecule has 3 rings (SSSR count). The summed E-state index contributed by atoms with van der Waals surface area (Å²) in [5.74, 6) is 0.709. The molecule has 0 aliphatic rings. The van der Waals surface area contributed by atoms with Crippen molar-refractivity contribution in [2.24, 2.45) is 4.99 Å². The summed E-state index contributed by atoms with van der Waals surface area (Å²) in [6.07, 6.45) is 3.47. The Morgan fingerprint density at radius 1 is 0.871 bits per heavy atom. The predicted molar refractivity (Wildman–Crippen MR) is 134 cm³/mol. The van der Waals surface area contributed by atoms with Crippen molar-refractivity contribution in [2.75, 3.05) is 13.1 Å². The van der Waals surface area contributed by atoms with E-state index in [9.17, 15) is 10.1 Å². The first kappa shape index (κ1) is 24.3. The van der Waals surface area contributed by atoms with Gasteiger partial charge in [0.2, 0.25) is 0 Å². The van der Waals surface area contributed by atoms with Gasteiger partial charge in [0.05, 0.1) is 11.5 Å². The summed E-state index contributed by atoms with van der Waals surface area (Å²) < 4.78 is 0. The molecule has 0 fully saturated rings. The highest BCUT2D eigenvalue weighted by Gasteiger charge is 2.04. The molecule has 0 aliphatic carbocycles. The molecule has 7 nitrogen and oxygen atoms in total. The van der Waals surface area contributed by atoms with E-state index in [-0.39, 0.29) is 29.7 Å².